The van der Waals surface area contributed by atoms with Crippen LogP contribution < -0.4 is 14.8 Å². The van der Waals surface area contributed by atoms with Gasteiger partial charge in [-0.2, -0.15) is 0 Å². The molecule has 6 nitrogen and oxygen atoms in total. The second kappa shape index (κ2) is 8.22. The van der Waals surface area contributed by atoms with Gasteiger partial charge in [0.1, 0.15) is 5.75 Å². The Kier molecular flexibility index (Phi) is 6.03. The third kappa shape index (κ3) is 4.99. The summed E-state index contributed by atoms with van der Waals surface area (Å²) < 4.78 is 32.6. The first-order valence-corrected chi connectivity index (χ1v) is 9.02. The molecule has 0 saturated heterocycles. The van der Waals surface area contributed by atoms with Crippen molar-refractivity contribution in [3.05, 3.63) is 54.1 Å². The molecule has 0 spiro atoms. The maximum atomic E-state index is 12.4. The van der Waals surface area contributed by atoms with E-state index in [0.717, 1.165) is 0 Å². The van der Waals surface area contributed by atoms with E-state index >= 15 is 0 Å². The number of terminal acetylenes is 1. The van der Waals surface area contributed by atoms with Crippen molar-refractivity contribution >= 4 is 21.6 Å². The third-order valence-corrected chi connectivity index (χ3v) is 4.59. The maximum absolute atomic E-state index is 12.4. The number of carbonyl (C=O) groups excluding carboxylic acids is 1. The minimum Gasteiger partial charge on any atom is -0.494 e. The van der Waals surface area contributed by atoms with Gasteiger partial charge in [0.05, 0.1) is 18.0 Å². The SMILES string of the molecule is C#CCNC(=O)c1ccc(S(=O)(=O)Nc2ccc(OCC)cc2)cc1. The van der Waals surface area contributed by atoms with Gasteiger partial charge in [0.25, 0.3) is 15.9 Å². The molecule has 0 aromatic heterocycles. The van der Waals surface area contributed by atoms with Crippen LogP contribution in [-0.4, -0.2) is 27.5 Å². The van der Waals surface area contributed by atoms with Crippen molar-refractivity contribution in [2.24, 2.45) is 0 Å². The topological polar surface area (TPSA) is 84.5 Å². The van der Waals surface area contributed by atoms with Gasteiger partial charge >= 0.3 is 0 Å². The second-order valence-corrected chi connectivity index (χ2v) is 6.66. The zero-order valence-corrected chi connectivity index (χ0v) is 14.5. The molecule has 0 aliphatic rings. The molecule has 0 aliphatic heterocycles. The minimum atomic E-state index is -3.75. The standard InChI is InChI=1S/C18H18N2O4S/c1-3-13-19-18(21)14-5-11-17(12-6-14)25(22,23)20-15-7-9-16(10-8-15)24-4-2/h1,5-12,20H,4,13H2,2H3,(H,19,21). The first-order chi connectivity index (χ1) is 12.0. The lowest BCUT2D eigenvalue weighted by molar-refractivity contribution is 0.0958. The molecule has 0 saturated carbocycles. The van der Waals surface area contributed by atoms with Crippen LogP contribution >= 0.6 is 0 Å². The van der Waals surface area contributed by atoms with Crippen LogP contribution in [0.1, 0.15) is 17.3 Å². The summed E-state index contributed by atoms with van der Waals surface area (Å²) in [6, 6.07) is 12.2. The van der Waals surface area contributed by atoms with Gasteiger partial charge < -0.3 is 10.1 Å². The van der Waals surface area contributed by atoms with Gasteiger partial charge in [0.2, 0.25) is 0 Å². The molecule has 0 unspecified atom stereocenters. The Hall–Kier alpha value is -2.98. The number of ether oxygens (including phenoxy) is 1. The first-order valence-electron chi connectivity index (χ1n) is 7.53. The number of anilines is 1. The van der Waals surface area contributed by atoms with E-state index in [-0.39, 0.29) is 17.3 Å². The molecular weight excluding hydrogens is 340 g/mol. The summed E-state index contributed by atoms with van der Waals surface area (Å²) in [5.74, 6) is 2.60. The molecule has 130 valence electrons. The molecule has 0 aliphatic carbocycles. The van der Waals surface area contributed by atoms with Gasteiger partial charge in [0.15, 0.2) is 0 Å². The van der Waals surface area contributed by atoms with Gasteiger partial charge in [-0.25, -0.2) is 8.42 Å². The fraction of sp³-hybridized carbons (Fsp3) is 0.167. The lowest BCUT2D eigenvalue weighted by Crippen LogP contribution is -2.23. The van der Waals surface area contributed by atoms with E-state index in [1.165, 1.54) is 24.3 Å². The van der Waals surface area contributed by atoms with Crippen LogP contribution in [0, 0.1) is 12.3 Å². The largest absolute Gasteiger partial charge is 0.494 e. The average molecular weight is 358 g/mol. The number of nitrogens with one attached hydrogen (secondary N) is 2. The summed E-state index contributed by atoms with van der Waals surface area (Å²) in [5.41, 5.74) is 0.745. The van der Waals surface area contributed by atoms with Gasteiger partial charge in [-0.15, -0.1) is 6.42 Å². The Balaban J connectivity index is 2.11. The number of hydrogen-bond acceptors (Lipinski definition) is 4. The number of carbonyl (C=O) groups is 1. The molecule has 2 aromatic rings. The molecule has 0 atom stereocenters. The van der Waals surface area contributed by atoms with Crippen LogP contribution in [-0.2, 0) is 10.0 Å². The molecule has 1 amide bonds. The quantitative estimate of drug-likeness (QED) is 0.744. The second-order valence-electron chi connectivity index (χ2n) is 4.97. The van der Waals surface area contributed by atoms with Crippen LogP contribution in [0.3, 0.4) is 0 Å². The summed E-state index contributed by atoms with van der Waals surface area (Å²) >= 11 is 0. The maximum Gasteiger partial charge on any atom is 0.261 e. The van der Waals surface area contributed by atoms with Crippen molar-refractivity contribution in [1.82, 2.24) is 5.32 Å². The van der Waals surface area contributed by atoms with Crippen LogP contribution in [0.4, 0.5) is 5.69 Å². The molecule has 2 N–H and O–H groups in total. The monoisotopic (exact) mass is 358 g/mol. The number of sulfonamides is 1. The van der Waals surface area contributed by atoms with Crippen molar-refractivity contribution in [2.45, 2.75) is 11.8 Å². The van der Waals surface area contributed by atoms with E-state index in [4.69, 9.17) is 11.2 Å². The summed E-state index contributed by atoms with van der Waals surface area (Å²) in [4.78, 5) is 11.8. The smallest absolute Gasteiger partial charge is 0.261 e. The van der Waals surface area contributed by atoms with Crippen molar-refractivity contribution in [3.8, 4) is 18.1 Å². The number of hydrogen-bond donors (Lipinski definition) is 2. The van der Waals surface area contributed by atoms with E-state index in [1.54, 1.807) is 24.3 Å². The van der Waals surface area contributed by atoms with E-state index in [2.05, 4.69) is 16.0 Å². The first kappa shape index (κ1) is 18.4. The molecule has 0 radical (unpaired) electrons. The summed E-state index contributed by atoms with van der Waals surface area (Å²) in [6.07, 6.45) is 5.08. The molecule has 25 heavy (non-hydrogen) atoms. The lowest BCUT2D eigenvalue weighted by Gasteiger charge is -2.10. The average Bonchev–Trinajstić information content (AvgIpc) is 2.61. The van der Waals surface area contributed by atoms with Crippen molar-refractivity contribution < 1.29 is 17.9 Å². The molecule has 2 rings (SSSR count). The lowest BCUT2D eigenvalue weighted by atomic mass is 10.2. The van der Waals surface area contributed by atoms with E-state index in [1.807, 2.05) is 6.92 Å². The number of amides is 1. The predicted octanol–water partition coefficient (Wildman–Crippen LogP) is 2.25. The Labute approximate surface area is 147 Å². The Morgan fingerprint density at radius 2 is 1.76 bits per heavy atom. The van der Waals surface area contributed by atoms with Crippen LogP contribution in [0.25, 0.3) is 0 Å². The van der Waals surface area contributed by atoms with Gasteiger partial charge in [-0.1, -0.05) is 5.92 Å². The zero-order chi connectivity index (χ0) is 18.3. The van der Waals surface area contributed by atoms with E-state index in [0.29, 0.717) is 23.6 Å². The normalized spacial score (nSPS) is 10.6. The summed E-state index contributed by atoms with van der Waals surface area (Å²) in [6.45, 7) is 2.51. The van der Waals surface area contributed by atoms with Crippen LogP contribution in [0.15, 0.2) is 53.4 Å². The van der Waals surface area contributed by atoms with E-state index in [9.17, 15) is 13.2 Å². The molecule has 2 aromatic carbocycles. The van der Waals surface area contributed by atoms with Gasteiger partial charge in [0, 0.05) is 11.3 Å². The zero-order valence-electron chi connectivity index (χ0n) is 13.7. The Bertz CT molecular complexity index is 867. The molecule has 0 fully saturated rings. The Morgan fingerprint density at radius 3 is 2.32 bits per heavy atom. The van der Waals surface area contributed by atoms with Crippen molar-refractivity contribution in [2.75, 3.05) is 17.9 Å². The van der Waals surface area contributed by atoms with Crippen LogP contribution in [0.2, 0.25) is 0 Å². The van der Waals surface area contributed by atoms with Gasteiger partial charge in [-0.05, 0) is 55.5 Å². The Morgan fingerprint density at radius 1 is 1.12 bits per heavy atom. The van der Waals surface area contributed by atoms with E-state index < -0.39 is 10.0 Å². The van der Waals surface area contributed by atoms with Crippen molar-refractivity contribution in [1.29, 1.82) is 0 Å². The molecule has 7 heteroatoms. The summed E-state index contributed by atoms with van der Waals surface area (Å²) in [7, 11) is -3.75. The molecular formula is C18H18N2O4S. The number of benzene rings is 2. The van der Waals surface area contributed by atoms with Crippen molar-refractivity contribution in [3.63, 3.8) is 0 Å². The fourth-order valence-electron chi connectivity index (χ4n) is 2.02. The highest BCUT2D eigenvalue weighted by Crippen LogP contribution is 2.20. The third-order valence-electron chi connectivity index (χ3n) is 3.20. The molecule has 0 bridgehead atoms. The highest BCUT2D eigenvalue weighted by atomic mass is 32.2. The minimum absolute atomic E-state index is 0.0508. The number of rotatable bonds is 7. The highest BCUT2D eigenvalue weighted by Gasteiger charge is 2.15. The van der Waals surface area contributed by atoms with Gasteiger partial charge in [-0.3, -0.25) is 9.52 Å². The molecule has 0 heterocycles. The predicted molar refractivity (Wildman–Crippen MR) is 96.0 cm³/mol. The van der Waals surface area contributed by atoms with Crippen LogP contribution in [0.5, 0.6) is 5.75 Å². The fourth-order valence-corrected chi connectivity index (χ4v) is 3.08. The highest BCUT2D eigenvalue weighted by molar-refractivity contribution is 7.92. The summed E-state index contributed by atoms with van der Waals surface area (Å²) in [5, 5.41) is 2.51.